The molecule has 5 rings (SSSR count). The van der Waals surface area contributed by atoms with Gasteiger partial charge in [0.25, 0.3) is 0 Å². The van der Waals surface area contributed by atoms with E-state index in [4.69, 9.17) is 4.98 Å². The van der Waals surface area contributed by atoms with Gasteiger partial charge in [0.2, 0.25) is 0 Å². The predicted octanol–water partition coefficient (Wildman–Crippen LogP) is 5.24. The van der Waals surface area contributed by atoms with E-state index in [-0.39, 0.29) is 11.8 Å². The predicted molar refractivity (Wildman–Crippen MR) is 112 cm³/mol. The van der Waals surface area contributed by atoms with Gasteiger partial charge in [0, 0.05) is 22.9 Å². The Morgan fingerprint density at radius 1 is 0.929 bits per heavy atom. The molecule has 5 nitrogen and oxygen atoms in total. The molecule has 0 saturated carbocycles. The monoisotopic (exact) mass is 366 g/mol. The molecule has 2 N–H and O–H groups in total. The topological polar surface area (TPSA) is 70.4 Å². The van der Waals surface area contributed by atoms with Crippen LogP contribution in [0.25, 0.3) is 22.3 Å². The highest BCUT2D eigenvalue weighted by atomic mass is 16.3. The minimum Gasteiger partial charge on any atom is -0.508 e. The van der Waals surface area contributed by atoms with Crippen LogP contribution in [0.1, 0.15) is 24.1 Å². The van der Waals surface area contributed by atoms with Crippen LogP contribution in [0.15, 0.2) is 71.7 Å². The quantitative estimate of drug-likeness (QED) is 0.520. The molecule has 0 amide bonds. The fourth-order valence-electron chi connectivity index (χ4n) is 3.50. The van der Waals surface area contributed by atoms with Crippen LogP contribution in [-0.2, 0) is 0 Å². The van der Waals surface area contributed by atoms with Crippen molar-refractivity contribution in [2.24, 2.45) is 4.99 Å². The Balaban J connectivity index is 1.61. The molecule has 1 aliphatic rings. The Bertz CT molecular complexity index is 1230. The van der Waals surface area contributed by atoms with E-state index < -0.39 is 0 Å². The number of rotatable bonds is 3. The minimum absolute atomic E-state index is 0.191. The maximum absolute atomic E-state index is 9.82. The molecular weight excluding hydrogens is 348 g/mol. The number of aromatic hydroxyl groups is 1. The molecule has 0 fully saturated rings. The summed E-state index contributed by atoms with van der Waals surface area (Å²) in [5.74, 6) is 1.48. The molecule has 0 aliphatic carbocycles. The van der Waals surface area contributed by atoms with Crippen LogP contribution in [-0.4, -0.2) is 21.3 Å². The van der Waals surface area contributed by atoms with Crippen LogP contribution >= 0.6 is 0 Å². The van der Waals surface area contributed by atoms with E-state index in [2.05, 4.69) is 40.4 Å². The third-order valence-corrected chi connectivity index (χ3v) is 4.94. The third-order valence-electron chi connectivity index (χ3n) is 4.94. The average Bonchev–Trinajstić information content (AvgIpc) is 3.08. The van der Waals surface area contributed by atoms with Crippen molar-refractivity contribution in [1.29, 1.82) is 0 Å². The molecule has 0 radical (unpaired) electrons. The van der Waals surface area contributed by atoms with E-state index in [9.17, 15) is 5.11 Å². The van der Waals surface area contributed by atoms with Gasteiger partial charge >= 0.3 is 0 Å². The molecule has 1 aromatic heterocycles. The molecule has 28 heavy (non-hydrogen) atoms. The van der Waals surface area contributed by atoms with Crippen molar-refractivity contribution in [3.8, 4) is 17.1 Å². The summed E-state index contributed by atoms with van der Waals surface area (Å²) >= 11 is 0. The van der Waals surface area contributed by atoms with Crippen LogP contribution in [0.2, 0.25) is 0 Å². The number of aromatic nitrogens is 2. The van der Waals surface area contributed by atoms with Gasteiger partial charge in [-0.1, -0.05) is 30.3 Å². The van der Waals surface area contributed by atoms with Crippen LogP contribution in [0.4, 0.5) is 11.5 Å². The molecule has 2 heterocycles. The summed E-state index contributed by atoms with van der Waals surface area (Å²) in [6, 6.07) is 21.3. The van der Waals surface area contributed by atoms with E-state index in [1.165, 1.54) is 5.56 Å². The molecule has 5 heteroatoms. The smallest absolute Gasteiger partial charge is 0.162 e. The number of nitrogens with zero attached hydrogens (tertiary/aromatic N) is 3. The lowest BCUT2D eigenvalue weighted by atomic mass is 10.0. The van der Waals surface area contributed by atoms with Crippen molar-refractivity contribution in [2.45, 2.75) is 13.0 Å². The largest absolute Gasteiger partial charge is 0.508 e. The molecule has 136 valence electrons. The lowest BCUT2D eigenvalue weighted by Crippen LogP contribution is -2.00. The van der Waals surface area contributed by atoms with Crippen molar-refractivity contribution in [3.63, 3.8) is 0 Å². The summed E-state index contributed by atoms with van der Waals surface area (Å²) in [6.07, 6.45) is 1.92. The van der Waals surface area contributed by atoms with E-state index in [1.54, 1.807) is 18.2 Å². The zero-order chi connectivity index (χ0) is 19.1. The molecule has 3 aromatic carbocycles. The standard InChI is InChI=1S/C23H18N4O/c1-14-19-10-9-17(11-16(19)13-24-14)25-23-20-7-2-3-8-21(20)26-22(27-23)15-5-4-6-18(28)12-15/h2-14,28H,1H3,(H,25,26,27). The van der Waals surface area contributed by atoms with Crippen LogP contribution in [0.3, 0.4) is 0 Å². The van der Waals surface area contributed by atoms with Gasteiger partial charge in [0.05, 0.1) is 11.6 Å². The second kappa shape index (κ2) is 6.46. The van der Waals surface area contributed by atoms with Crippen molar-refractivity contribution in [1.82, 2.24) is 9.97 Å². The molecule has 0 saturated heterocycles. The van der Waals surface area contributed by atoms with Crippen molar-refractivity contribution in [3.05, 3.63) is 77.9 Å². The van der Waals surface area contributed by atoms with Gasteiger partial charge in [-0.3, -0.25) is 4.99 Å². The summed E-state index contributed by atoms with van der Waals surface area (Å²) < 4.78 is 0. The summed E-state index contributed by atoms with van der Waals surface area (Å²) in [4.78, 5) is 13.9. The first-order valence-corrected chi connectivity index (χ1v) is 9.18. The Labute approximate surface area is 162 Å². The molecule has 1 aliphatic heterocycles. The second-order valence-electron chi connectivity index (χ2n) is 6.89. The molecule has 1 unspecified atom stereocenters. The second-order valence-corrected chi connectivity index (χ2v) is 6.89. The SMILES string of the molecule is CC1N=Cc2cc(Nc3nc(-c4cccc(O)c4)nc4ccccc34)ccc21. The maximum Gasteiger partial charge on any atom is 0.162 e. The number of anilines is 2. The fraction of sp³-hybridized carbons (Fsp3) is 0.0870. The molecule has 0 spiro atoms. The summed E-state index contributed by atoms with van der Waals surface area (Å²) in [7, 11) is 0. The van der Waals surface area contributed by atoms with Crippen LogP contribution in [0.5, 0.6) is 5.75 Å². The number of nitrogens with one attached hydrogen (secondary N) is 1. The number of aliphatic imine (C=N–C) groups is 1. The highest BCUT2D eigenvalue weighted by Gasteiger charge is 2.15. The lowest BCUT2D eigenvalue weighted by molar-refractivity contribution is 0.475. The van der Waals surface area contributed by atoms with Gasteiger partial charge in [-0.05, 0) is 54.4 Å². The molecule has 1 atom stereocenters. The average molecular weight is 366 g/mol. The van der Waals surface area contributed by atoms with Gasteiger partial charge in [0.1, 0.15) is 11.6 Å². The highest BCUT2D eigenvalue weighted by molar-refractivity contribution is 5.93. The van der Waals surface area contributed by atoms with E-state index in [0.717, 1.165) is 33.5 Å². The Morgan fingerprint density at radius 3 is 2.71 bits per heavy atom. The fourth-order valence-corrected chi connectivity index (χ4v) is 3.50. The highest BCUT2D eigenvalue weighted by Crippen LogP contribution is 2.31. The third kappa shape index (κ3) is 2.87. The van der Waals surface area contributed by atoms with Crippen molar-refractivity contribution < 1.29 is 5.11 Å². The summed E-state index contributed by atoms with van der Waals surface area (Å²) in [5.41, 5.74) is 4.92. The zero-order valence-corrected chi connectivity index (χ0v) is 15.3. The zero-order valence-electron chi connectivity index (χ0n) is 15.3. The number of hydrogen-bond acceptors (Lipinski definition) is 5. The Morgan fingerprint density at radius 2 is 1.82 bits per heavy atom. The number of fused-ring (bicyclic) bond motifs is 2. The first-order chi connectivity index (χ1) is 13.7. The normalized spacial score (nSPS) is 15.0. The molecule has 0 bridgehead atoms. The van der Waals surface area contributed by atoms with Gasteiger partial charge in [-0.15, -0.1) is 0 Å². The first-order valence-electron chi connectivity index (χ1n) is 9.18. The minimum atomic E-state index is 0.191. The van der Waals surface area contributed by atoms with Gasteiger partial charge in [-0.25, -0.2) is 9.97 Å². The van der Waals surface area contributed by atoms with Crippen molar-refractivity contribution in [2.75, 3.05) is 5.32 Å². The van der Waals surface area contributed by atoms with Gasteiger partial charge in [0.15, 0.2) is 5.82 Å². The van der Waals surface area contributed by atoms with Crippen LogP contribution < -0.4 is 5.32 Å². The number of hydrogen-bond donors (Lipinski definition) is 2. The number of para-hydroxylation sites is 1. The molecule has 4 aromatic rings. The first kappa shape index (κ1) is 16.4. The van der Waals surface area contributed by atoms with Crippen LogP contribution in [0, 0.1) is 0 Å². The maximum atomic E-state index is 9.82. The summed E-state index contributed by atoms with van der Waals surface area (Å²) in [6.45, 7) is 2.09. The van der Waals surface area contributed by atoms with E-state index >= 15 is 0 Å². The Kier molecular flexibility index (Phi) is 3.79. The number of phenolic OH excluding ortho intramolecular Hbond substituents is 1. The number of phenols is 1. The van der Waals surface area contributed by atoms with E-state index in [0.29, 0.717) is 5.82 Å². The van der Waals surface area contributed by atoms with Crippen molar-refractivity contribution >= 4 is 28.6 Å². The van der Waals surface area contributed by atoms with Gasteiger partial charge in [-0.2, -0.15) is 0 Å². The Hall–Kier alpha value is -3.73. The van der Waals surface area contributed by atoms with E-state index in [1.807, 2.05) is 36.5 Å². The summed E-state index contributed by atoms with van der Waals surface area (Å²) in [5, 5.41) is 14.2. The molecular formula is C23H18N4O. The number of benzene rings is 3. The van der Waals surface area contributed by atoms with Gasteiger partial charge < -0.3 is 10.4 Å². The lowest BCUT2D eigenvalue weighted by Gasteiger charge is -2.12.